The van der Waals surface area contributed by atoms with Crippen LogP contribution in [0.2, 0.25) is 10.1 Å². The monoisotopic (exact) mass is 336 g/mol. The minimum atomic E-state index is -2.19. The van der Waals surface area contributed by atoms with Crippen molar-refractivity contribution in [2.75, 3.05) is 13.2 Å². The SMILES string of the molecule is CCCO[Si](OCCC)(C12CCC(CC1)C2)C12CCC(CC1)C2. The number of fused-ring (bicyclic) bond motifs is 4. The summed E-state index contributed by atoms with van der Waals surface area (Å²) in [4.78, 5) is 0. The van der Waals surface area contributed by atoms with Gasteiger partial charge in [0.05, 0.1) is 0 Å². The second kappa shape index (κ2) is 6.14. The average Bonchev–Trinajstić information content (AvgIpc) is 3.35. The molecule has 0 atom stereocenters. The Morgan fingerprint density at radius 1 is 0.739 bits per heavy atom. The highest BCUT2D eigenvalue weighted by molar-refractivity contribution is 6.74. The van der Waals surface area contributed by atoms with Crippen molar-refractivity contribution in [2.45, 2.75) is 101 Å². The molecule has 132 valence electrons. The first-order chi connectivity index (χ1) is 11.2. The van der Waals surface area contributed by atoms with Gasteiger partial charge in [-0.1, -0.05) is 39.5 Å². The van der Waals surface area contributed by atoms with Crippen molar-refractivity contribution in [1.82, 2.24) is 0 Å². The fourth-order valence-corrected chi connectivity index (χ4v) is 13.4. The Balaban J connectivity index is 1.74. The highest BCUT2D eigenvalue weighted by Gasteiger charge is 2.73. The van der Waals surface area contributed by atoms with Gasteiger partial charge in [0.25, 0.3) is 0 Å². The molecular formula is C20H36O2Si. The first kappa shape index (κ1) is 16.6. The summed E-state index contributed by atoms with van der Waals surface area (Å²) >= 11 is 0. The standard InChI is InChI=1S/C20H36O2Si/c1-3-13-21-23(22-14-4-2,19-9-5-17(15-19)6-10-19)20-11-7-18(16-20)8-12-20/h17-18H,3-16H2,1-2H3. The molecule has 0 amide bonds. The lowest BCUT2D eigenvalue weighted by molar-refractivity contribution is 0.108. The molecule has 23 heavy (non-hydrogen) atoms. The quantitative estimate of drug-likeness (QED) is 0.510. The molecule has 0 heterocycles. The Morgan fingerprint density at radius 3 is 1.39 bits per heavy atom. The second-order valence-electron chi connectivity index (χ2n) is 9.17. The summed E-state index contributed by atoms with van der Waals surface area (Å²) in [6.45, 7) is 6.42. The largest absolute Gasteiger partial charge is 0.394 e. The van der Waals surface area contributed by atoms with E-state index < -0.39 is 8.56 Å². The van der Waals surface area contributed by atoms with Gasteiger partial charge in [-0.25, -0.2) is 0 Å². The highest BCUT2D eigenvalue weighted by atomic mass is 28.4. The van der Waals surface area contributed by atoms with Crippen molar-refractivity contribution >= 4 is 8.56 Å². The lowest BCUT2D eigenvalue weighted by Gasteiger charge is -2.53. The van der Waals surface area contributed by atoms with Gasteiger partial charge in [0, 0.05) is 23.3 Å². The first-order valence-electron chi connectivity index (χ1n) is 10.5. The van der Waals surface area contributed by atoms with Crippen LogP contribution in [0.5, 0.6) is 0 Å². The van der Waals surface area contributed by atoms with Crippen LogP contribution in [0.3, 0.4) is 0 Å². The van der Waals surface area contributed by atoms with Crippen molar-refractivity contribution in [3.63, 3.8) is 0 Å². The van der Waals surface area contributed by atoms with Gasteiger partial charge >= 0.3 is 8.56 Å². The maximum absolute atomic E-state index is 7.01. The Morgan fingerprint density at radius 2 is 1.13 bits per heavy atom. The topological polar surface area (TPSA) is 18.5 Å². The van der Waals surface area contributed by atoms with Crippen molar-refractivity contribution in [2.24, 2.45) is 11.8 Å². The third kappa shape index (κ3) is 2.32. The molecule has 4 aliphatic rings. The van der Waals surface area contributed by atoms with Gasteiger partial charge in [0.1, 0.15) is 0 Å². The molecule has 4 rings (SSSR count). The van der Waals surface area contributed by atoms with E-state index >= 15 is 0 Å². The molecule has 0 radical (unpaired) electrons. The van der Waals surface area contributed by atoms with E-state index in [1.165, 1.54) is 64.2 Å². The van der Waals surface area contributed by atoms with E-state index in [4.69, 9.17) is 8.85 Å². The molecule has 4 bridgehead atoms. The van der Waals surface area contributed by atoms with Crippen LogP contribution in [-0.4, -0.2) is 21.8 Å². The van der Waals surface area contributed by atoms with E-state index in [0.29, 0.717) is 10.1 Å². The van der Waals surface area contributed by atoms with Crippen LogP contribution in [0.1, 0.15) is 90.9 Å². The fraction of sp³-hybridized carbons (Fsp3) is 1.00. The van der Waals surface area contributed by atoms with E-state index in [1.54, 1.807) is 0 Å². The summed E-state index contributed by atoms with van der Waals surface area (Å²) in [6.07, 6.45) is 16.7. The van der Waals surface area contributed by atoms with Crippen LogP contribution in [0.25, 0.3) is 0 Å². The summed E-state index contributed by atoms with van der Waals surface area (Å²) in [5.74, 6) is 1.99. The van der Waals surface area contributed by atoms with Gasteiger partial charge in [-0.05, 0) is 63.2 Å². The predicted octanol–water partition coefficient (Wildman–Crippen LogP) is 5.95. The normalized spacial score (nSPS) is 42.0. The van der Waals surface area contributed by atoms with Crippen LogP contribution in [0.4, 0.5) is 0 Å². The second-order valence-corrected chi connectivity index (χ2v) is 13.1. The molecule has 0 saturated heterocycles. The maximum Gasteiger partial charge on any atom is 0.351 e. The van der Waals surface area contributed by atoms with Crippen LogP contribution < -0.4 is 0 Å². The molecule has 0 aromatic heterocycles. The molecule has 0 aromatic rings. The van der Waals surface area contributed by atoms with Crippen molar-refractivity contribution in [3.05, 3.63) is 0 Å². The van der Waals surface area contributed by atoms with Crippen LogP contribution in [-0.2, 0) is 8.85 Å². The van der Waals surface area contributed by atoms with E-state index in [2.05, 4.69) is 13.8 Å². The summed E-state index contributed by atoms with van der Waals surface area (Å²) in [5, 5.41) is 0.947. The first-order valence-corrected chi connectivity index (χ1v) is 12.3. The molecule has 4 saturated carbocycles. The zero-order valence-corrected chi connectivity index (χ0v) is 16.4. The minimum Gasteiger partial charge on any atom is -0.394 e. The van der Waals surface area contributed by atoms with Crippen molar-refractivity contribution in [3.8, 4) is 0 Å². The van der Waals surface area contributed by atoms with Crippen LogP contribution in [0, 0.1) is 11.8 Å². The molecule has 0 unspecified atom stereocenters. The molecule has 2 nitrogen and oxygen atoms in total. The number of hydrogen-bond donors (Lipinski definition) is 0. The maximum atomic E-state index is 7.01. The average molecular weight is 337 g/mol. The minimum absolute atomic E-state index is 0.473. The Kier molecular flexibility index (Phi) is 4.43. The van der Waals surface area contributed by atoms with Gasteiger partial charge in [0.15, 0.2) is 0 Å². The summed E-state index contributed by atoms with van der Waals surface area (Å²) in [5.41, 5.74) is 0. The lowest BCUT2D eigenvalue weighted by Crippen LogP contribution is -2.60. The smallest absolute Gasteiger partial charge is 0.351 e. The molecule has 0 spiro atoms. The zero-order chi connectivity index (χ0) is 16.0. The molecule has 4 aliphatic carbocycles. The summed E-state index contributed by atoms with van der Waals surface area (Å²) in [7, 11) is -2.19. The third-order valence-corrected chi connectivity index (χ3v) is 13.3. The van der Waals surface area contributed by atoms with Gasteiger partial charge in [-0.3, -0.25) is 0 Å². The van der Waals surface area contributed by atoms with E-state index in [0.717, 1.165) is 37.9 Å². The molecule has 3 heteroatoms. The molecule has 0 N–H and O–H groups in total. The van der Waals surface area contributed by atoms with Crippen LogP contribution >= 0.6 is 0 Å². The van der Waals surface area contributed by atoms with E-state index in [1.807, 2.05) is 0 Å². The van der Waals surface area contributed by atoms with E-state index in [9.17, 15) is 0 Å². The van der Waals surface area contributed by atoms with Crippen molar-refractivity contribution in [1.29, 1.82) is 0 Å². The number of rotatable bonds is 8. The van der Waals surface area contributed by atoms with Gasteiger partial charge in [-0.15, -0.1) is 0 Å². The van der Waals surface area contributed by atoms with Gasteiger partial charge in [0.2, 0.25) is 0 Å². The van der Waals surface area contributed by atoms with Gasteiger partial charge in [-0.2, -0.15) is 0 Å². The molecule has 0 aromatic carbocycles. The predicted molar refractivity (Wildman–Crippen MR) is 96.8 cm³/mol. The molecule has 0 aliphatic heterocycles. The van der Waals surface area contributed by atoms with Crippen molar-refractivity contribution < 1.29 is 8.85 Å². The highest BCUT2D eigenvalue weighted by Crippen LogP contribution is 2.76. The molecule has 4 fully saturated rings. The third-order valence-electron chi connectivity index (χ3n) is 7.90. The fourth-order valence-electron chi connectivity index (χ4n) is 7.02. The Labute approximate surface area is 144 Å². The molecular weight excluding hydrogens is 300 g/mol. The summed E-state index contributed by atoms with van der Waals surface area (Å²) in [6, 6.07) is 0. The Hall–Kier alpha value is 0.137. The van der Waals surface area contributed by atoms with E-state index in [-0.39, 0.29) is 0 Å². The zero-order valence-electron chi connectivity index (χ0n) is 15.4. The lowest BCUT2D eigenvalue weighted by atomic mass is 9.99. The number of hydrogen-bond acceptors (Lipinski definition) is 2. The summed E-state index contributed by atoms with van der Waals surface area (Å²) < 4.78 is 14.0. The Bertz CT molecular complexity index is 379. The van der Waals surface area contributed by atoms with Crippen LogP contribution in [0.15, 0.2) is 0 Å². The van der Waals surface area contributed by atoms with Gasteiger partial charge < -0.3 is 8.85 Å².